The van der Waals surface area contributed by atoms with Gasteiger partial charge in [-0.1, -0.05) is 6.07 Å². The highest BCUT2D eigenvalue weighted by Crippen LogP contribution is 2.18. The van der Waals surface area contributed by atoms with Gasteiger partial charge < -0.3 is 10.1 Å². The third-order valence-corrected chi connectivity index (χ3v) is 3.99. The molecule has 1 atom stereocenters. The lowest BCUT2D eigenvalue weighted by atomic mass is 10.0. The summed E-state index contributed by atoms with van der Waals surface area (Å²) in [7, 11) is 0. The molecule has 1 aromatic rings. The van der Waals surface area contributed by atoms with Gasteiger partial charge in [-0.05, 0) is 38.4 Å². The first kappa shape index (κ1) is 17.8. The fourth-order valence-corrected chi connectivity index (χ4v) is 2.83. The summed E-state index contributed by atoms with van der Waals surface area (Å²) < 4.78 is 32.6. The summed E-state index contributed by atoms with van der Waals surface area (Å²) in [4.78, 5) is 13.8. The van der Waals surface area contributed by atoms with Crippen molar-refractivity contribution in [1.82, 2.24) is 10.2 Å². The number of rotatable bonds is 7. The standard InChI is InChI=1S/C17H24F2N2O2/c1-2-23-10-8-17(22)20-13-5-4-9-21(11-13)12-14-15(18)6-3-7-16(14)19/h3,6-7,13H,2,4-5,8-12H2,1H3,(H,20,22)/t13-/m1/s1. The first-order valence-electron chi connectivity index (χ1n) is 8.12. The van der Waals surface area contributed by atoms with Gasteiger partial charge in [0.15, 0.2) is 0 Å². The average Bonchev–Trinajstić information content (AvgIpc) is 2.52. The Balaban J connectivity index is 1.85. The van der Waals surface area contributed by atoms with E-state index in [-0.39, 0.29) is 24.1 Å². The van der Waals surface area contributed by atoms with E-state index < -0.39 is 11.6 Å². The normalized spacial score (nSPS) is 18.8. The number of halogens is 2. The lowest BCUT2D eigenvalue weighted by Gasteiger charge is -2.33. The van der Waals surface area contributed by atoms with Gasteiger partial charge in [-0.15, -0.1) is 0 Å². The van der Waals surface area contributed by atoms with Gasteiger partial charge in [-0.3, -0.25) is 9.69 Å². The predicted molar refractivity (Wildman–Crippen MR) is 83.9 cm³/mol. The van der Waals surface area contributed by atoms with Crippen LogP contribution < -0.4 is 5.32 Å². The zero-order valence-electron chi connectivity index (χ0n) is 13.5. The van der Waals surface area contributed by atoms with Gasteiger partial charge in [0, 0.05) is 37.7 Å². The molecule has 128 valence electrons. The van der Waals surface area contributed by atoms with Crippen molar-refractivity contribution in [3.63, 3.8) is 0 Å². The molecule has 23 heavy (non-hydrogen) atoms. The molecular formula is C17H24F2N2O2. The highest BCUT2D eigenvalue weighted by atomic mass is 19.1. The van der Waals surface area contributed by atoms with E-state index in [1.54, 1.807) is 0 Å². The van der Waals surface area contributed by atoms with Crippen LogP contribution >= 0.6 is 0 Å². The number of hydrogen-bond acceptors (Lipinski definition) is 3. The van der Waals surface area contributed by atoms with Crippen LogP contribution in [0, 0.1) is 11.6 Å². The molecule has 1 saturated heterocycles. The number of piperidine rings is 1. The minimum atomic E-state index is -0.520. The molecule has 6 heteroatoms. The van der Waals surface area contributed by atoms with Crippen LogP contribution in [0.15, 0.2) is 18.2 Å². The summed E-state index contributed by atoms with van der Waals surface area (Å²) in [5.74, 6) is -1.08. The second-order valence-corrected chi connectivity index (χ2v) is 5.79. The average molecular weight is 326 g/mol. The Bertz CT molecular complexity index is 505. The summed E-state index contributed by atoms with van der Waals surface area (Å²) in [5.41, 5.74) is 0.0934. The largest absolute Gasteiger partial charge is 0.381 e. The van der Waals surface area contributed by atoms with Crippen molar-refractivity contribution in [2.75, 3.05) is 26.3 Å². The molecule has 1 aliphatic heterocycles. The minimum absolute atomic E-state index is 0.0210. The smallest absolute Gasteiger partial charge is 0.222 e. The number of amides is 1. The number of benzene rings is 1. The Morgan fingerprint density at radius 2 is 2.13 bits per heavy atom. The Hall–Kier alpha value is -1.53. The molecule has 4 nitrogen and oxygen atoms in total. The molecule has 0 unspecified atom stereocenters. The van der Waals surface area contributed by atoms with Crippen LogP contribution in [0.5, 0.6) is 0 Å². The third kappa shape index (κ3) is 5.55. The molecule has 0 spiro atoms. The van der Waals surface area contributed by atoms with Gasteiger partial charge in [0.25, 0.3) is 0 Å². The fraction of sp³-hybridized carbons (Fsp3) is 0.588. The third-order valence-electron chi connectivity index (χ3n) is 3.99. The number of likely N-dealkylation sites (tertiary alicyclic amines) is 1. The van der Waals surface area contributed by atoms with Crippen LogP contribution in [0.2, 0.25) is 0 Å². The summed E-state index contributed by atoms with van der Waals surface area (Å²) >= 11 is 0. The molecule has 1 N–H and O–H groups in total. The lowest BCUT2D eigenvalue weighted by Crippen LogP contribution is -2.47. The van der Waals surface area contributed by atoms with Crippen LogP contribution in [0.1, 0.15) is 31.7 Å². The number of ether oxygens (including phenoxy) is 1. The van der Waals surface area contributed by atoms with Crippen molar-refractivity contribution in [1.29, 1.82) is 0 Å². The molecule has 0 aromatic heterocycles. The highest BCUT2D eigenvalue weighted by Gasteiger charge is 2.23. The SMILES string of the molecule is CCOCCC(=O)N[C@@H]1CCCN(Cc2c(F)cccc2F)C1. The maximum absolute atomic E-state index is 13.7. The molecule has 1 amide bonds. The Kier molecular flexibility index (Phi) is 6.92. The molecule has 1 aliphatic rings. The quantitative estimate of drug-likeness (QED) is 0.783. The Labute approximate surface area is 135 Å². The number of hydrogen-bond donors (Lipinski definition) is 1. The van der Waals surface area contributed by atoms with Crippen molar-refractivity contribution in [3.8, 4) is 0 Å². The monoisotopic (exact) mass is 326 g/mol. The number of nitrogens with zero attached hydrogens (tertiary/aromatic N) is 1. The molecule has 1 fully saturated rings. The summed E-state index contributed by atoms with van der Waals surface area (Å²) in [6.45, 7) is 4.51. The van der Waals surface area contributed by atoms with Gasteiger partial charge in [0.1, 0.15) is 11.6 Å². The second kappa shape index (κ2) is 8.93. The first-order chi connectivity index (χ1) is 11.1. The molecule has 1 aromatic carbocycles. The van der Waals surface area contributed by atoms with E-state index >= 15 is 0 Å². The van der Waals surface area contributed by atoms with Crippen molar-refractivity contribution in [3.05, 3.63) is 35.4 Å². The van der Waals surface area contributed by atoms with Crippen molar-refractivity contribution < 1.29 is 18.3 Å². The predicted octanol–water partition coefficient (Wildman–Crippen LogP) is 2.47. The number of nitrogens with one attached hydrogen (secondary N) is 1. The van der Waals surface area contributed by atoms with Gasteiger partial charge in [-0.2, -0.15) is 0 Å². The maximum atomic E-state index is 13.7. The van der Waals surface area contributed by atoms with Gasteiger partial charge in [0.2, 0.25) is 5.91 Å². The number of carbonyl (C=O) groups excluding carboxylic acids is 1. The van der Waals surface area contributed by atoms with Gasteiger partial charge in [-0.25, -0.2) is 8.78 Å². The Morgan fingerprint density at radius 3 is 2.83 bits per heavy atom. The lowest BCUT2D eigenvalue weighted by molar-refractivity contribution is -0.123. The van der Waals surface area contributed by atoms with E-state index in [0.29, 0.717) is 26.2 Å². The van der Waals surface area contributed by atoms with Crippen LogP contribution in [0.3, 0.4) is 0 Å². The first-order valence-corrected chi connectivity index (χ1v) is 8.12. The van der Waals surface area contributed by atoms with Crippen molar-refractivity contribution in [2.45, 2.75) is 38.8 Å². The van der Waals surface area contributed by atoms with Gasteiger partial charge >= 0.3 is 0 Å². The highest BCUT2D eigenvalue weighted by molar-refractivity contribution is 5.76. The second-order valence-electron chi connectivity index (χ2n) is 5.79. The van der Waals surface area contributed by atoms with E-state index in [0.717, 1.165) is 19.4 Å². The summed E-state index contributed by atoms with van der Waals surface area (Å²) in [6.07, 6.45) is 2.12. The fourth-order valence-electron chi connectivity index (χ4n) is 2.83. The molecule has 0 saturated carbocycles. The van der Waals surface area contributed by atoms with E-state index in [1.165, 1.54) is 18.2 Å². The topological polar surface area (TPSA) is 41.6 Å². The van der Waals surface area contributed by atoms with E-state index in [4.69, 9.17) is 4.74 Å². The van der Waals surface area contributed by atoms with E-state index in [9.17, 15) is 13.6 Å². The number of carbonyl (C=O) groups is 1. The molecule has 0 aliphatic carbocycles. The zero-order valence-corrected chi connectivity index (χ0v) is 13.5. The molecular weight excluding hydrogens is 302 g/mol. The molecule has 1 heterocycles. The van der Waals surface area contributed by atoms with E-state index in [2.05, 4.69) is 5.32 Å². The molecule has 2 rings (SSSR count). The van der Waals surface area contributed by atoms with Crippen molar-refractivity contribution in [2.24, 2.45) is 0 Å². The van der Waals surface area contributed by atoms with E-state index in [1.807, 2.05) is 11.8 Å². The molecule has 0 radical (unpaired) electrons. The van der Waals surface area contributed by atoms with Crippen molar-refractivity contribution >= 4 is 5.91 Å². The van der Waals surface area contributed by atoms with Crippen LogP contribution in [-0.2, 0) is 16.1 Å². The van der Waals surface area contributed by atoms with Crippen LogP contribution in [0.25, 0.3) is 0 Å². The summed E-state index contributed by atoms with van der Waals surface area (Å²) in [6, 6.07) is 3.93. The zero-order chi connectivity index (χ0) is 16.7. The summed E-state index contributed by atoms with van der Waals surface area (Å²) in [5, 5.41) is 2.97. The van der Waals surface area contributed by atoms with Crippen LogP contribution in [0.4, 0.5) is 8.78 Å². The maximum Gasteiger partial charge on any atom is 0.222 e. The molecule has 0 bridgehead atoms. The Morgan fingerprint density at radius 1 is 1.39 bits per heavy atom. The van der Waals surface area contributed by atoms with Gasteiger partial charge in [0.05, 0.1) is 6.61 Å². The minimum Gasteiger partial charge on any atom is -0.381 e. The van der Waals surface area contributed by atoms with Crippen LogP contribution in [-0.4, -0.2) is 43.2 Å².